The van der Waals surface area contributed by atoms with Crippen molar-refractivity contribution >= 4 is 11.4 Å². The van der Waals surface area contributed by atoms with Crippen LogP contribution in [0.4, 0.5) is 11.4 Å². The van der Waals surface area contributed by atoms with E-state index in [0.717, 1.165) is 13.0 Å². The molecule has 2 aromatic rings. The molecule has 3 rings (SSSR count). The molecule has 0 amide bonds. The van der Waals surface area contributed by atoms with Crippen LogP contribution in [-0.4, -0.2) is 13.2 Å². The second-order valence-electron chi connectivity index (χ2n) is 5.04. The second-order valence-corrected chi connectivity index (χ2v) is 5.04. The minimum atomic E-state index is 0.676. The van der Waals surface area contributed by atoms with Gasteiger partial charge in [0.25, 0.3) is 0 Å². The zero-order chi connectivity index (χ0) is 13.8. The molecule has 0 fully saturated rings. The molecule has 2 aromatic carbocycles. The highest BCUT2D eigenvalue weighted by Crippen LogP contribution is 2.32. The highest BCUT2D eigenvalue weighted by molar-refractivity contribution is 5.68. The Morgan fingerprint density at radius 1 is 0.850 bits per heavy atom. The van der Waals surface area contributed by atoms with E-state index in [4.69, 9.17) is 4.74 Å². The third-order valence-corrected chi connectivity index (χ3v) is 3.65. The number of rotatable bonds is 3. The van der Waals surface area contributed by atoms with E-state index in [1.54, 1.807) is 0 Å². The van der Waals surface area contributed by atoms with Crippen molar-refractivity contribution in [1.82, 2.24) is 0 Å². The molecule has 0 unspecified atom stereocenters. The lowest BCUT2D eigenvalue weighted by Gasteiger charge is -2.31. The number of nitrogens with zero attached hydrogens (tertiary/aromatic N) is 1. The quantitative estimate of drug-likeness (QED) is 0.809. The van der Waals surface area contributed by atoms with Crippen molar-refractivity contribution in [2.75, 3.05) is 18.1 Å². The Labute approximate surface area is 120 Å². The van der Waals surface area contributed by atoms with E-state index >= 15 is 0 Å². The Morgan fingerprint density at radius 3 is 1.90 bits per heavy atom. The molecule has 0 N–H and O–H groups in total. The van der Waals surface area contributed by atoms with Crippen molar-refractivity contribution in [3.63, 3.8) is 0 Å². The van der Waals surface area contributed by atoms with Gasteiger partial charge in [-0.05, 0) is 43.2 Å². The van der Waals surface area contributed by atoms with Gasteiger partial charge in [-0.15, -0.1) is 0 Å². The van der Waals surface area contributed by atoms with Crippen molar-refractivity contribution in [1.29, 1.82) is 0 Å². The summed E-state index contributed by atoms with van der Waals surface area (Å²) in [7, 11) is 0. The summed E-state index contributed by atoms with van der Waals surface area (Å²) < 4.78 is 5.68. The summed E-state index contributed by atoms with van der Waals surface area (Å²) >= 11 is 0. The number of hydrogen-bond acceptors (Lipinski definition) is 2. The molecule has 0 radical (unpaired) electrons. The molecule has 0 aromatic heterocycles. The molecule has 2 heteroatoms. The highest BCUT2D eigenvalue weighted by Gasteiger charge is 2.19. The lowest BCUT2D eigenvalue weighted by Crippen LogP contribution is -2.25. The summed E-state index contributed by atoms with van der Waals surface area (Å²) in [6.45, 7) is 3.71. The van der Waals surface area contributed by atoms with E-state index in [-0.39, 0.29) is 0 Å². The van der Waals surface area contributed by atoms with Gasteiger partial charge < -0.3 is 9.64 Å². The fourth-order valence-electron chi connectivity index (χ4n) is 2.53. The Morgan fingerprint density at radius 2 is 1.40 bits per heavy atom. The molecule has 0 aliphatic carbocycles. The Bertz CT molecular complexity index is 550. The van der Waals surface area contributed by atoms with Crippen molar-refractivity contribution in [3.8, 4) is 0 Å². The van der Waals surface area contributed by atoms with Crippen LogP contribution in [0.15, 0.2) is 71.9 Å². The first kappa shape index (κ1) is 12.9. The molecule has 2 nitrogen and oxygen atoms in total. The van der Waals surface area contributed by atoms with Gasteiger partial charge in [-0.3, -0.25) is 0 Å². The van der Waals surface area contributed by atoms with E-state index < -0.39 is 0 Å². The number of benzene rings is 2. The average Bonchev–Trinajstić information content (AvgIpc) is 2.52. The molecule has 0 saturated heterocycles. The van der Waals surface area contributed by atoms with E-state index in [0.29, 0.717) is 6.61 Å². The Hall–Kier alpha value is -2.06. The van der Waals surface area contributed by atoms with Gasteiger partial charge in [0.05, 0.1) is 13.2 Å². The van der Waals surface area contributed by atoms with Crippen molar-refractivity contribution in [2.24, 2.45) is 0 Å². The topological polar surface area (TPSA) is 12.5 Å². The summed E-state index contributed by atoms with van der Waals surface area (Å²) in [6.07, 6.45) is 1.01. The lowest BCUT2D eigenvalue weighted by atomic mass is 10.1. The number of para-hydroxylation sites is 2. The van der Waals surface area contributed by atoms with E-state index in [2.05, 4.69) is 60.4 Å². The van der Waals surface area contributed by atoms with Gasteiger partial charge in [0, 0.05) is 17.1 Å². The minimum Gasteiger partial charge on any atom is -0.375 e. The van der Waals surface area contributed by atoms with E-state index in [9.17, 15) is 0 Å². The molecule has 0 saturated carbocycles. The van der Waals surface area contributed by atoms with Crippen LogP contribution in [0.25, 0.3) is 0 Å². The summed E-state index contributed by atoms with van der Waals surface area (Å²) in [4.78, 5) is 2.30. The molecule has 1 aliphatic rings. The first-order valence-electron chi connectivity index (χ1n) is 7.03. The predicted molar refractivity (Wildman–Crippen MR) is 83.2 cm³/mol. The summed E-state index contributed by atoms with van der Waals surface area (Å²) in [5.41, 5.74) is 5.02. The monoisotopic (exact) mass is 265 g/mol. The predicted octanol–water partition coefficient (Wildman–Crippen LogP) is 4.52. The van der Waals surface area contributed by atoms with Gasteiger partial charge in [0.1, 0.15) is 0 Å². The van der Waals surface area contributed by atoms with Crippen molar-refractivity contribution in [2.45, 2.75) is 13.3 Å². The molecule has 1 heterocycles. The largest absolute Gasteiger partial charge is 0.375 e. The zero-order valence-electron chi connectivity index (χ0n) is 11.8. The molecule has 0 spiro atoms. The van der Waals surface area contributed by atoms with Crippen LogP contribution in [0.1, 0.15) is 13.3 Å². The number of hydrogen-bond donors (Lipinski definition) is 0. The van der Waals surface area contributed by atoms with Crippen molar-refractivity contribution < 1.29 is 4.74 Å². The summed E-state index contributed by atoms with van der Waals surface area (Å²) in [5, 5.41) is 0. The van der Waals surface area contributed by atoms with Crippen LogP contribution >= 0.6 is 0 Å². The first-order valence-corrected chi connectivity index (χ1v) is 7.03. The fourth-order valence-corrected chi connectivity index (χ4v) is 2.53. The van der Waals surface area contributed by atoms with Gasteiger partial charge >= 0.3 is 0 Å². The van der Waals surface area contributed by atoms with Gasteiger partial charge in [-0.2, -0.15) is 0 Å². The third-order valence-electron chi connectivity index (χ3n) is 3.65. The molecule has 102 valence electrons. The smallest absolute Gasteiger partial charge is 0.0871 e. The van der Waals surface area contributed by atoms with Crippen LogP contribution in [0.3, 0.4) is 0 Å². The average molecular weight is 265 g/mol. The minimum absolute atomic E-state index is 0.676. The lowest BCUT2D eigenvalue weighted by molar-refractivity contribution is 0.145. The van der Waals surface area contributed by atoms with Gasteiger partial charge in [0.2, 0.25) is 0 Å². The Kier molecular flexibility index (Phi) is 3.84. The van der Waals surface area contributed by atoms with Gasteiger partial charge in [-0.1, -0.05) is 36.4 Å². The molecule has 1 aliphatic heterocycles. The van der Waals surface area contributed by atoms with Crippen LogP contribution in [0.5, 0.6) is 0 Å². The molecule has 0 bridgehead atoms. The first-order chi connectivity index (χ1) is 9.86. The van der Waals surface area contributed by atoms with Crippen LogP contribution in [0, 0.1) is 0 Å². The molecular weight excluding hydrogens is 246 g/mol. The third kappa shape index (κ3) is 2.61. The Balaban J connectivity index is 2.09. The molecular formula is C18H19NO. The standard InChI is InChI=1S/C18H19NO/c1-15-12-13-20-14-18(15)19(16-8-4-2-5-9-16)17-10-6-3-7-11-17/h2-11H,12-14H2,1H3. The zero-order valence-corrected chi connectivity index (χ0v) is 11.8. The van der Waals surface area contributed by atoms with Crippen LogP contribution in [0.2, 0.25) is 0 Å². The SMILES string of the molecule is CC1=C(N(c2ccccc2)c2ccccc2)COCC1. The van der Waals surface area contributed by atoms with Crippen LogP contribution in [-0.2, 0) is 4.74 Å². The summed E-state index contributed by atoms with van der Waals surface area (Å²) in [5.74, 6) is 0. The van der Waals surface area contributed by atoms with Gasteiger partial charge in [0.15, 0.2) is 0 Å². The maximum absolute atomic E-state index is 5.68. The van der Waals surface area contributed by atoms with Gasteiger partial charge in [-0.25, -0.2) is 0 Å². The number of ether oxygens (including phenoxy) is 1. The fraction of sp³-hybridized carbons (Fsp3) is 0.222. The molecule has 20 heavy (non-hydrogen) atoms. The second kappa shape index (κ2) is 5.93. The van der Waals surface area contributed by atoms with Crippen LogP contribution < -0.4 is 4.90 Å². The van der Waals surface area contributed by atoms with E-state index in [1.165, 1.54) is 22.6 Å². The highest BCUT2D eigenvalue weighted by atomic mass is 16.5. The maximum atomic E-state index is 5.68. The number of anilines is 2. The van der Waals surface area contributed by atoms with Crippen molar-refractivity contribution in [3.05, 3.63) is 71.9 Å². The molecule has 0 atom stereocenters. The normalized spacial score (nSPS) is 15.2. The van der Waals surface area contributed by atoms with E-state index in [1.807, 2.05) is 12.1 Å². The maximum Gasteiger partial charge on any atom is 0.0871 e. The summed E-state index contributed by atoms with van der Waals surface area (Å²) in [6, 6.07) is 21.0.